The summed E-state index contributed by atoms with van der Waals surface area (Å²) < 4.78 is 0. The van der Waals surface area contributed by atoms with Gasteiger partial charge in [-0.2, -0.15) is 0 Å². The van der Waals surface area contributed by atoms with Gasteiger partial charge in [0.1, 0.15) is 0 Å². The Morgan fingerprint density at radius 2 is 2.00 bits per heavy atom. The second kappa shape index (κ2) is 10.1. The molecule has 1 atom stereocenters. The van der Waals surface area contributed by atoms with Gasteiger partial charge in [0.25, 0.3) is 0 Å². The molecule has 27 heavy (non-hydrogen) atoms. The first-order chi connectivity index (χ1) is 12.8. The molecule has 0 aromatic heterocycles. The number of amides is 1. The monoisotopic (exact) mass is 395 g/mol. The standard InChI is InChI=1S/C20H30ClN3O3/c1-4-24(13-20(26)27)17-10-16(11-17)22-14(2)9-19(25)23(3)12-15-7-5-6-8-18(15)21/h5-8,14,16-17,22H,4,9-13H2,1-3H3,(H,26,27). The zero-order valence-electron chi connectivity index (χ0n) is 16.3. The molecule has 1 aromatic carbocycles. The highest BCUT2D eigenvalue weighted by Gasteiger charge is 2.34. The number of carbonyl (C=O) groups is 2. The second-order valence-corrected chi connectivity index (χ2v) is 7.80. The van der Waals surface area contributed by atoms with Crippen molar-refractivity contribution < 1.29 is 14.7 Å². The number of hydrogen-bond acceptors (Lipinski definition) is 4. The van der Waals surface area contributed by atoms with Crippen LogP contribution in [0, 0.1) is 0 Å². The molecule has 1 aromatic rings. The molecule has 7 heteroatoms. The molecule has 6 nitrogen and oxygen atoms in total. The maximum Gasteiger partial charge on any atom is 0.317 e. The van der Waals surface area contributed by atoms with Gasteiger partial charge >= 0.3 is 5.97 Å². The van der Waals surface area contributed by atoms with Gasteiger partial charge in [0.05, 0.1) is 6.54 Å². The Morgan fingerprint density at radius 1 is 1.33 bits per heavy atom. The number of nitrogens with one attached hydrogen (secondary N) is 1. The molecule has 2 rings (SSSR count). The van der Waals surface area contributed by atoms with Gasteiger partial charge in [-0.05, 0) is 37.9 Å². The largest absolute Gasteiger partial charge is 0.480 e. The average molecular weight is 396 g/mol. The number of benzene rings is 1. The van der Waals surface area contributed by atoms with Crippen molar-refractivity contribution in [2.24, 2.45) is 0 Å². The highest BCUT2D eigenvalue weighted by molar-refractivity contribution is 6.31. The van der Waals surface area contributed by atoms with E-state index in [-0.39, 0.29) is 18.5 Å². The lowest BCUT2D eigenvalue weighted by Crippen LogP contribution is -2.55. The molecule has 1 saturated carbocycles. The SMILES string of the molecule is CCN(CC(=O)O)C1CC(NC(C)CC(=O)N(C)Cc2ccccc2Cl)C1. The zero-order chi connectivity index (χ0) is 20.0. The van der Waals surface area contributed by atoms with Gasteiger partial charge < -0.3 is 15.3 Å². The third-order valence-electron chi connectivity index (χ3n) is 5.17. The molecule has 2 N–H and O–H groups in total. The van der Waals surface area contributed by atoms with Crippen LogP contribution in [0.2, 0.25) is 5.02 Å². The summed E-state index contributed by atoms with van der Waals surface area (Å²) in [7, 11) is 1.79. The van der Waals surface area contributed by atoms with Crippen LogP contribution in [0.15, 0.2) is 24.3 Å². The van der Waals surface area contributed by atoms with Gasteiger partial charge in [0, 0.05) is 43.2 Å². The number of carbonyl (C=O) groups excluding carboxylic acids is 1. The lowest BCUT2D eigenvalue weighted by molar-refractivity contribution is -0.139. The number of halogens is 1. The summed E-state index contributed by atoms with van der Waals surface area (Å²) in [5, 5.41) is 13.1. The molecule has 0 saturated heterocycles. The summed E-state index contributed by atoms with van der Waals surface area (Å²) in [5.74, 6) is -0.708. The van der Waals surface area contributed by atoms with Crippen LogP contribution in [0.1, 0.15) is 38.7 Å². The summed E-state index contributed by atoms with van der Waals surface area (Å²) in [5.41, 5.74) is 0.940. The van der Waals surface area contributed by atoms with E-state index in [0.717, 1.165) is 24.9 Å². The molecule has 1 fully saturated rings. The van der Waals surface area contributed by atoms with E-state index in [4.69, 9.17) is 16.7 Å². The molecule has 1 unspecified atom stereocenters. The summed E-state index contributed by atoms with van der Waals surface area (Å²) in [6, 6.07) is 8.29. The van der Waals surface area contributed by atoms with Gasteiger partial charge in [-0.1, -0.05) is 36.7 Å². The first-order valence-corrected chi connectivity index (χ1v) is 9.87. The van der Waals surface area contributed by atoms with E-state index in [1.165, 1.54) is 0 Å². The van der Waals surface area contributed by atoms with Gasteiger partial charge in [0.2, 0.25) is 5.91 Å². The van der Waals surface area contributed by atoms with Gasteiger partial charge in [-0.25, -0.2) is 0 Å². The Bertz CT molecular complexity index is 649. The molecule has 1 aliphatic carbocycles. The minimum absolute atomic E-state index is 0.0756. The van der Waals surface area contributed by atoms with E-state index in [9.17, 15) is 9.59 Å². The van der Waals surface area contributed by atoms with Crippen LogP contribution in [-0.4, -0.2) is 65.0 Å². The number of hydrogen-bond donors (Lipinski definition) is 2. The Kier molecular flexibility index (Phi) is 8.07. The van der Waals surface area contributed by atoms with Crippen molar-refractivity contribution in [2.45, 2.75) is 57.8 Å². The Labute approximate surface area is 166 Å². The summed E-state index contributed by atoms with van der Waals surface area (Å²) in [6.07, 6.45) is 2.28. The van der Waals surface area contributed by atoms with Crippen LogP contribution < -0.4 is 5.32 Å². The summed E-state index contributed by atoms with van der Waals surface area (Å²) >= 11 is 6.17. The lowest BCUT2D eigenvalue weighted by atomic mass is 9.84. The predicted molar refractivity (Wildman–Crippen MR) is 107 cm³/mol. The second-order valence-electron chi connectivity index (χ2n) is 7.39. The molecule has 1 aliphatic rings. The number of aliphatic carboxylic acids is 1. The highest BCUT2D eigenvalue weighted by Crippen LogP contribution is 2.26. The van der Waals surface area contributed by atoms with Crippen molar-refractivity contribution >= 4 is 23.5 Å². The maximum atomic E-state index is 12.5. The van der Waals surface area contributed by atoms with Crippen molar-refractivity contribution in [3.63, 3.8) is 0 Å². The van der Waals surface area contributed by atoms with Crippen LogP contribution in [0.25, 0.3) is 0 Å². The van der Waals surface area contributed by atoms with Crippen LogP contribution in [0.4, 0.5) is 0 Å². The van der Waals surface area contributed by atoms with E-state index in [1.807, 2.05) is 43.0 Å². The summed E-state index contributed by atoms with van der Waals surface area (Å²) in [4.78, 5) is 27.1. The van der Waals surface area contributed by atoms with Gasteiger partial charge in [0.15, 0.2) is 0 Å². The topological polar surface area (TPSA) is 72.9 Å². The third-order valence-corrected chi connectivity index (χ3v) is 5.53. The molecule has 0 spiro atoms. The number of nitrogens with zero attached hydrogens (tertiary/aromatic N) is 2. The van der Waals surface area contributed by atoms with Crippen LogP contribution >= 0.6 is 11.6 Å². The van der Waals surface area contributed by atoms with Crippen LogP contribution in [0.5, 0.6) is 0 Å². The van der Waals surface area contributed by atoms with E-state index >= 15 is 0 Å². The molecular formula is C20H30ClN3O3. The van der Waals surface area contributed by atoms with Crippen LogP contribution in [0.3, 0.4) is 0 Å². The minimum Gasteiger partial charge on any atom is -0.480 e. The minimum atomic E-state index is -0.784. The number of carboxylic acid groups (broad SMARTS) is 1. The van der Waals surface area contributed by atoms with Crippen molar-refractivity contribution in [2.75, 3.05) is 20.1 Å². The molecule has 0 heterocycles. The fraction of sp³-hybridized carbons (Fsp3) is 0.600. The predicted octanol–water partition coefficient (Wildman–Crippen LogP) is 2.60. The van der Waals surface area contributed by atoms with Gasteiger partial charge in [-0.15, -0.1) is 0 Å². The number of carboxylic acids is 1. The fourth-order valence-corrected chi connectivity index (χ4v) is 3.74. The third kappa shape index (κ3) is 6.48. The first-order valence-electron chi connectivity index (χ1n) is 9.49. The zero-order valence-corrected chi connectivity index (χ0v) is 17.1. The smallest absolute Gasteiger partial charge is 0.317 e. The van der Waals surface area contributed by atoms with Crippen molar-refractivity contribution in [1.29, 1.82) is 0 Å². The van der Waals surface area contributed by atoms with Crippen LogP contribution in [-0.2, 0) is 16.1 Å². The molecule has 150 valence electrons. The Morgan fingerprint density at radius 3 is 2.59 bits per heavy atom. The lowest BCUT2D eigenvalue weighted by Gasteiger charge is -2.43. The van der Waals surface area contributed by atoms with E-state index < -0.39 is 5.97 Å². The molecular weight excluding hydrogens is 366 g/mol. The van der Waals surface area contributed by atoms with Crippen molar-refractivity contribution in [3.05, 3.63) is 34.9 Å². The Hall–Kier alpha value is -1.63. The highest BCUT2D eigenvalue weighted by atomic mass is 35.5. The summed E-state index contributed by atoms with van der Waals surface area (Å²) in [6.45, 7) is 5.33. The van der Waals surface area contributed by atoms with E-state index in [1.54, 1.807) is 11.9 Å². The maximum absolute atomic E-state index is 12.5. The van der Waals surface area contributed by atoms with Crippen molar-refractivity contribution in [3.8, 4) is 0 Å². The molecule has 0 bridgehead atoms. The molecule has 0 aliphatic heterocycles. The fourth-order valence-electron chi connectivity index (χ4n) is 3.54. The Balaban J connectivity index is 1.73. The normalized spacial score (nSPS) is 20.2. The van der Waals surface area contributed by atoms with Gasteiger partial charge in [-0.3, -0.25) is 14.5 Å². The van der Waals surface area contributed by atoms with Crippen molar-refractivity contribution in [1.82, 2.24) is 15.1 Å². The first kappa shape index (κ1) is 21.7. The quantitative estimate of drug-likeness (QED) is 0.637. The number of likely N-dealkylation sites (N-methyl/N-ethyl adjacent to an activating group) is 1. The molecule has 1 amide bonds. The average Bonchev–Trinajstić information content (AvgIpc) is 2.57. The van der Waals surface area contributed by atoms with E-state index in [2.05, 4.69) is 5.32 Å². The number of rotatable bonds is 10. The molecule has 0 radical (unpaired) electrons. The van der Waals surface area contributed by atoms with E-state index in [0.29, 0.717) is 30.1 Å².